The molecule has 2 atom stereocenters. The van der Waals surface area contributed by atoms with E-state index in [4.69, 9.17) is 0 Å². The van der Waals surface area contributed by atoms with Gasteiger partial charge in [0.1, 0.15) is 0 Å². The maximum absolute atomic E-state index is 12.6. The van der Waals surface area contributed by atoms with E-state index in [2.05, 4.69) is 13.0 Å². The second-order valence-corrected chi connectivity index (χ2v) is 6.62. The summed E-state index contributed by atoms with van der Waals surface area (Å²) in [6, 6.07) is 8.01. The van der Waals surface area contributed by atoms with Crippen molar-refractivity contribution in [1.82, 2.24) is 4.90 Å². The zero-order valence-corrected chi connectivity index (χ0v) is 13.0. The van der Waals surface area contributed by atoms with E-state index in [1.807, 2.05) is 18.2 Å². The van der Waals surface area contributed by atoms with E-state index in [0.29, 0.717) is 25.9 Å². The quantitative estimate of drug-likeness (QED) is 0.929. The van der Waals surface area contributed by atoms with Crippen molar-refractivity contribution in [1.29, 1.82) is 0 Å². The van der Waals surface area contributed by atoms with Crippen LogP contribution >= 0.6 is 0 Å². The van der Waals surface area contributed by atoms with Gasteiger partial charge in [-0.2, -0.15) is 0 Å². The molecule has 1 aliphatic carbocycles. The number of carboxylic acids is 1. The van der Waals surface area contributed by atoms with Crippen molar-refractivity contribution >= 4 is 11.9 Å². The fraction of sp³-hybridized carbons (Fsp3) is 0.556. The molecule has 0 bridgehead atoms. The highest BCUT2D eigenvalue weighted by Crippen LogP contribution is 2.48. The summed E-state index contributed by atoms with van der Waals surface area (Å²) in [5.74, 6) is -0.523. The third kappa shape index (κ3) is 2.40. The van der Waals surface area contributed by atoms with Crippen molar-refractivity contribution in [3.63, 3.8) is 0 Å². The van der Waals surface area contributed by atoms with Crippen molar-refractivity contribution in [3.05, 3.63) is 35.4 Å². The first-order chi connectivity index (χ1) is 10.6. The summed E-state index contributed by atoms with van der Waals surface area (Å²) in [5, 5.41) is 9.61. The fourth-order valence-corrected chi connectivity index (χ4v) is 4.18. The number of likely N-dealkylation sites (tertiary alicyclic amines) is 1. The van der Waals surface area contributed by atoms with Gasteiger partial charge in [-0.25, -0.2) is 0 Å². The summed E-state index contributed by atoms with van der Waals surface area (Å²) in [6.45, 7) is 3.09. The Bertz CT molecular complexity index is 598. The average Bonchev–Trinajstić information content (AvgIpc) is 3.05. The lowest BCUT2D eigenvalue weighted by Gasteiger charge is -2.23. The van der Waals surface area contributed by atoms with Gasteiger partial charge in [-0.1, -0.05) is 37.6 Å². The molecule has 0 spiro atoms. The Kier molecular flexibility index (Phi) is 3.94. The summed E-state index contributed by atoms with van der Waals surface area (Å²) in [4.78, 5) is 26.1. The zero-order chi connectivity index (χ0) is 15.7. The number of carboxylic acid groups (broad SMARTS) is 1. The monoisotopic (exact) mass is 301 g/mol. The number of hydrogen-bond acceptors (Lipinski definition) is 2. The summed E-state index contributed by atoms with van der Waals surface area (Å²) in [5.41, 5.74) is 1.58. The molecule has 3 rings (SSSR count). The minimum Gasteiger partial charge on any atom is -0.481 e. The number of aryl methyl sites for hydroxylation is 1. The van der Waals surface area contributed by atoms with Gasteiger partial charge in [0.2, 0.25) is 5.91 Å². The highest BCUT2D eigenvalue weighted by atomic mass is 16.4. The minimum absolute atomic E-state index is 0.0657. The van der Waals surface area contributed by atoms with E-state index in [9.17, 15) is 14.7 Å². The number of rotatable bonds is 4. The molecule has 1 N–H and O–H groups in total. The van der Waals surface area contributed by atoms with E-state index < -0.39 is 11.4 Å². The molecule has 1 saturated carbocycles. The van der Waals surface area contributed by atoms with E-state index in [1.54, 1.807) is 4.90 Å². The van der Waals surface area contributed by atoms with Crippen molar-refractivity contribution in [2.75, 3.05) is 13.1 Å². The molecule has 1 heterocycles. The van der Waals surface area contributed by atoms with Crippen molar-refractivity contribution in [2.45, 2.75) is 39.0 Å². The standard InChI is InChI=1S/C18H23NO3/c1-2-13-6-3-4-7-14(13)10-16(20)19-11-15-8-5-9-18(15,12-19)17(21)22/h3-4,6-7,15H,2,5,8-12H2,1H3,(H,21,22)/t15-,18+/m0/s1. The molecule has 4 heteroatoms. The fourth-order valence-electron chi connectivity index (χ4n) is 4.18. The molecule has 1 saturated heterocycles. The Balaban J connectivity index is 1.73. The van der Waals surface area contributed by atoms with Crippen LogP contribution in [-0.2, 0) is 22.4 Å². The maximum atomic E-state index is 12.6. The number of nitrogens with zero attached hydrogens (tertiary/aromatic N) is 1. The molecule has 2 fully saturated rings. The van der Waals surface area contributed by atoms with E-state index in [-0.39, 0.29) is 11.8 Å². The first-order valence-corrected chi connectivity index (χ1v) is 8.15. The first kappa shape index (κ1) is 15.1. The largest absolute Gasteiger partial charge is 0.481 e. The molecule has 1 amide bonds. The summed E-state index contributed by atoms with van der Waals surface area (Å²) >= 11 is 0. The lowest BCUT2D eigenvalue weighted by molar-refractivity contribution is -0.149. The highest BCUT2D eigenvalue weighted by molar-refractivity contribution is 5.83. The van der Waals surface area contributed by atoms with Crippen LogP contribution in [0.4, 0.5) is 0 Å². The normalized spacial score (nSPS) is 27.0. The van der Waals surface area contributed by atoms with Crippen LogP contribution in [0, 0.1) is 11.3 Å². The third-order valence-corrected chi connectivity index (χ3v) is 5.49. The Morgan fingerprint density at radius 1 is 1.32 bits per heavy atom. The molecular weight excluding hydrogens is 278 g/mol. The van der Waals surface area contributed by atoms with Crippen LogP contribution in [-0.4, -0.2) is 35.0 Å². The van der Waals surface area contributed by atoms with Gasteiger partial charge in [0.05, 0.1) is 11.8 Å². The zero-order valence-electron chi connectivity index (χ0n) is 13.0. The van der Waals surface area contributed by atoms with E-state index >= 15 is 0 Å². The Hall–Kier alpha value is -1.84. The molecule has 2 aliphatic rings. The lowest BCUT2D eigenvalue weighted by Crippen LogP contribution is -2.37. The highest BCUT2D eigenvalue weighted by Gasteiger charge is 2.55. The molecule has 1 aromatic rings. The van der Waals surface area contributed by atoms with Gasteiger partial charge in [0, 0.05) is 13.1 Å². The SMILES string of the molecule is CCc1ccccc1CC(=O)N1C[C@@H]2CCC[C@@]2(C(=O)O)C1. The number of carbonyl (C=O) groups excluding carboxylic acids is 1. The van der Waals surface area contributed by atoms with Gasteiger partial charge in [-0.3, -0.25) is 9.59 Å². The van der Waals surface area contributed by atoms with Crippen LogP contribution in [0.25, 0.3) is 0 Å². The first-order valence-electron chi connectivity index (χ1n) is 8.15. The number of amides is 1. The lowest BCUT2D eigenvalue weighted by atomic mass is 9.81. The summed E-state index contributed by atoms with van der Waals surface area (Å²) in [6.07, 6.45) is 3.90. The minimum atomic E-state index is -0.723. The smallest absolute Gasteiger partial charge is 0.311 e. The van der Waals surface area contributed by atoms with Gasteiger partial charge in [-0.05, 0) is 36.3 Å². The second kappa shape index (κ2) is 5.75. The van der Waals surface area contributed by atoms with E-state index in [1.165, 1.54) is 5.56 Å². The molecule has 22 heavy (non-hydrogen) atoms. The van der Waals surface area contributed by atoms with Crippen LogP contribution in [0.2, 0.25) is 0 Å². The Morgan fingerprint density at radius 3 is 2.68 bits per heavy atom. The maximum Gasteiger partial charge on any atom is 0.311 e. The van der Waals surface area contributed by atoms with Crippen molar-refractivity contribution in [3.8, 4) is 0 Å². The predicted octanol–water partition coefficient (Wildman–Crippen LogP) is 2.50. The van der Waals surface area contributed by atoms with Crippen LogP contribution in [0.5, 0.6) is 0 Å². The number of hydrogen-bond donors (Lipinski definition) is 1. The third-order valence-electron chi connectivity index (χ3n) is 5.49. The number of aliphatic carboxylic acids is 1. The molecule has 4 nitrogen and oxygen atoms in total. The van der Waals surface area contributed by atoms with E-state index in [0.717, 1.165) is 24.8 Å². The van der Waals surface area contributed by atoms with Crippen molar-refractivity contribution < 1.29 is 14.7 Å². The molecule has 0 aromatic heterocycles. The van der Waals surface area contributed by atoms with Crippen LogP contribution < -0.4 is 0 Å². The summed E-state index contributed by atoms with van der Waals surface area (Å²) in [7, 11) is 0. The molecule has 0 radical (unpaired) electrons. The van der Waals surface area contributed by atoms with Crippen LogP contribution in [0.3, 0.4) is 0 Å². The summed E-state index contributed by atoms with van der Waals surface area (Å²) < 4.78 is 0. The number of benzene rings is 1. The van der Waals surface area contributed by atoms with Crippen molar-refractivity contribution in [2.24, 2.45) is 11.3 Å². The molecule has 1 aliphatic heterocycles. The molecule has 118 valence electrons. The predicted molar refractivity (Wildman–Crippen MR) is 83.5 cm³/mol. The van der Waals surface area contributed by atoms with Crippen LogP contribution in [0.1, 0.15) is 37.3 Å². The molecule has 1 aromatic carbocycles. The van der Waals surface area contributed by atoms with Gasteiger partial charge in [0.25, 0.3) is 0 Å². The molecule has 0 unspecified atom stereocenters. The Labute approximate surface area is 131 Å². The van der Waals surface area contributed by atoms with Gasteiger partial charge in [-0.15, -0.1) is 0 Å². The number of carbonyl (C=O) groups is 2. The molecular formula is C18H23NO3. The van der Waals surface area contributed by atoms with Crippen LogP contribution in [0.15, 0.2) is 24.3 Å². The van der Waals surface area contributed by atoms with Gasteiger partial charge >= 0.3 is 5.97 Å². The Morgan fingerprint density at radius 2 is 2.05 bits per heavy atom. The second-order valence-electron chi connectivity index (χ2n) is 6.62. The number of fused-ring (bicyclic) bond motifs is 1. The van der Waals surface area contributed by atoms with Gasteiger partial charge in [0.15, 0.2) is 0 Å². The average molecular weight is 301 g/mol. The topological polar surface area (TPSA) is 57.6 Å². The van der Waals surface area contributed by atoms with Gasteiger partial charge < -0.3 is 10.0 Å².